The quantitative estimate of drug-likeness (QED) is 0.548. The highest BCUT2D eigenvalue weighted by Crippen LogP contribution is 2.25. The molecule has 0 amide bonds. The Morgan fingerprint density at radius 3 is 1.92 bits per heavy atom. The van der Waals surface area contributed by atoms with Gasteiger partial charge in [-0.05, 0) is 23.3 Å². The summed E-state index contributed by atoms with van der Waals surface area (Å²) in [5, 5.41) is 0. The predicted octanol–water partition coefficient (Wildman–Crippen LogP) is 4.69. The van der Waals surface area contributed by atoms with Gasteiger partial charge in [0.25, 0.3) is 0 Å². The first-order valence-electron chi connectivity index (χ1n) is 7.32. The minimum atomic E-state index is 0.779. The highest BCUT2D eigenvalue weighted by Gasteiger charge is 2.02. The van der Waals surface area contributed by atoms with Crippen molar-refractivity contribution >= 4 is 0 Å². The molecule has 2 aromatic carbocycles. The second-order valence-electron chi connectivity index (χ2n) is 4.85. The predicted molar refractivity (Wildman–Crippen MR) is 90.4 cm³/mol. The third kappa shape index (κ3) is 3.89. The topological polar surface area (TPSA) is 61.3 Å². The van der Waals surface area contributed by atoms with Crippen LogP contribution in [0.4, 0.5) is 0 Å². The van der Waals surface area contributed by atoms with Crippen LogP contribution in [-0.2, 0) is 0 Å². The molecule has 0 radical (unpaired) electrons. The van der Waals surface area contributed by atoms with Crippen LogP contribution in [0.5, 0.6) is 5.75 Å². The number of methoxy groups -OCH3 is 1. The van der Waals surface area contributed by atoms with E-state index < -0.39 is 0 Å². The maximum absolute atomic E-state index is 5.27. The lowest BCUT2D eigenvalue weighted by molar-refractivity contribution is 0.415. The number of rotatable bonds is 3. The van der Waals surface area contributed by atoms with Gasteiger partial charge in [-0.25, -0.2) is 9.97 Å². The van der Waals surface area contributed by atoms with Crippen molar-refractivity contribution in [3.05, 3.63) is 80.0 Å². The van der Waals surface area contributed by atoms with Crippen LogP contribution in [0.2, 0.25) is 0 Å². The standard InChI is InChI=1S/C16H13NO2.C3H3NO/c1-18-15-8-6-13(7-9-15)12-2-4-14(5-3-12)16-10-17-11-19-16;1-2-5-3-4-1/h2-11H,1H3;1-3H. The Morgan fingerprint density at radius 2 is 1.46 bits per heavy atom. The van der Waals surface area contributed by atoms with Gasteiger partial charge in [0.05, 0.1) is 19.5 Å². The average Bonchev–Trinajstić information content (AvgIpc) is 3.38. The fourth-order valence-corrected chi connectivity index (χ4v) is 2.14. The number of hydrogen-bond donors (Lipinski definition) is 0. The summed E-state index contributed by atoms with van der Waals surface area (Å²) < 4.78 is 14.9. The lowest BCUT2D eigenvalue weighted by Crippen LogP contribution is -1.83. The van der Waals surface area contributed by atoms with Crippen molar-refractivity contribution in [2.45, 2.75) is 0 Å². The number of benzene rings is 2. The summed E-state index contributed by atoms with van der Waals surface area (Å²) in [6, 6.07) is 16.2. The van der Waals surface area contributed by atoms with Gasteiger partial charge >= 0.3 is 0 Å². The van der Waals surface area contributed by atoms with Gasteiger partial charge in [0.2, 0.25) is 0 Å². The van der Waals surface area contributed by atoms with Gasteiger partial charge in [-0.2, -0.15) is 0 Å². The smallest absolute Gasteiger partial charge is 0.181 e. The molecule has 0 fully saturated rings. The van der Waals surface area contributed by atoms with Crippen molar-refractivity contribution in [2.24, 2.45) is 0 Å². The Hall–Kier alpha value is -3.34. The second-order valence-corrected chi connectivity index (χ2v) is 4.85. The van der Waals surface area contributed by atoms with Crippen LogP contribution >= 0.6 is 0 Å². The molecule has 0 unspecified atom stereocenters. The Balaban J connectivity index is 0.000000290. The van der Waals surface area contributed by atoms with Crippen LogP contribution < -0.4 is 4.74 Å². The van der Waals surface area contributed by atoms with E-state index in [2.05, 4.69) is 26.5 Å². The van der Waals surface area contributed by atoms with Crippen molar-refractivity contribution in [3.63, 3.8) is 0 Å². The molecule has 2 aromatic heterocycles. The molecule has 4 aromatic rings. The maximum atomic E-state index is 5.27. The van der Waals surface area contributed by atoms with Crippen LogP contribution in [0.25, 0.3) is 22.5 Å². The summed E-state index contributed by atoms with van der Waals surface area (Å²) in [6.45, 7) is 0. The summed E-state index contributed by atoms with van der Waals surface area (Å²) in [5.41, 5.74) is 3.34. The third-order valence-corrected chi connectivity index (χ3v) is 3.37. The zero-order valence-corrected chi connectivity index (χ0v) is 13.1. The summed E-state index contributed by atoms with van der Waals surface area (Å²) in [6.07, 6.45) is 7.62. The molecule has 0 aliphatic carbocycles. The maximum Gasteiger partial charge on any atom is 0.181 e. The molecule has 4 rings (SSSR count). The van der Waals surface area contributed by atoms with Crippen LogP contribution in [-0.4, -0.2) is 17.1 Å². The van der Waals surface area contributed by atoms with E-state index in [1.54, 1.807) is 19.5 Å². The lowest BCUT2D eigenvalue weighted by Gasteiger charge is -2.04. The molecular weight excluding hydrogens is 304 g/mol. The molecular formula is C19H16N2O3. The van der Waals surface area contributed by atoms with Gasteiger partial charge in [-0.15, -0.1) is 0 Å². The minimum Gasteiger partial charge on any atom is -0.497 e. The van der Waals surface area contributed by atoms with E-state index in [9.17, 15) is 0 Å². The lowest BCUT2D eigenvalue weighted by atomic mass is 10.0. The Morgan fingerprint density at radius 1 is 0.792 bits per heavy atom. The zero-order chi connectivity index (χ0) is 16.6. The first-order chi connectivity index (χ1) is 11.9. The van der Waals surface area contributed by atoms with E-state index >= 15 is 0 Å². The van der Waals surface area contributed by atoms with Crippen LogP contribution in [0, 0.1) is 0 Å². The van der Waals surface area contributed by atoms with Crippen LogP contribution in [0.15, 0.2) is 88.8 Å². The second kappa shape index (κ2) is 7.78. The van der Waals surface area contributed by atoms with Gasteiger partial charge < -0.3 is 13.6 Å². The molecule has 24 heavy (non-hydrogen) atoms. The van der Waals surface area contributed by atoms with E-state index in [1.165, 1.54) is 19.1 Å². The molecule has 0 bridgehead atoms. The number of ether oxygens (including phenoxy) is 1. The van der Waals surface area contributed by atoms with Crippen molar-refractivity contribution in [1.82, 2.24) is 9.97 Å². The minimum absolute atomic E-state index is 0.779. The van der Waals surface area contributed by atoms with Gasteiger partial charge in [0.1, 0.15) is 12.0 Å². The van der Waals surface area contributed by atoms with Gasteiger partial charge in [0, 0.05) is 5.56 Å². The fourth-order valence-electron chi connectivity index (χ4n) is 2.14. The molecule has 5 heteroatoms. The number of nitrogens with zero attached hydrogens (tertiary/aromatic N) is 2. The van der Waals surface area contributed by atoms with Crippen molar-refractivity contribution in [1.29, 1.82) is 0 Å². The molecule has 0 saturated carbocycles. The molecule has 0 aliphatic heterocycles. The van der Waals surface area contributed by atoms with Crippen molar-refractivity contribution in [3.8, 4) is 28.2 Å². The molecule has 0 saturated heterocycles. The Kier molecular flexibility index (Phi) is 5.04. The fraction of sp³-hybridized carbons (Fsp3) is 0.0526. The zero-order valence-electron chi connectivity index (χ0n) is 13.1. The Labute approximate surface area is 139 Å². The average molecular weight is 320 g/mol. The summed E-state index contributed by atoms with van der Waals surface area (Å²) >= 11 is 0. The number of oxazole rings is 2. The molecule has 5 nitrogen and oxygen atoms in total. The van der Waals surface area contributed by atoms with E-state index in [1.807, 2.05) is 36.4 Å². The summed E-state index contributed by atoms with van der Waals surface area (Å²) in [4.78, 5) is 7.47. The molecule has 120 valence electrons. The van der Waals surface area contributed by atoms with E-state index in [4.69, 9.17) is 9.15 Å². The van der Waals surface area contributed by atoms with E-state index in [0.29, 0.717) is 0 Å². The monoisotopic (exact) mass is 320 g/mol. The molecule has 2 heterocycles. The number of aromatic nitrogens is 2. The van der Waals surface area contributed by atoms with E-state index in [-0.39, 0.29) is 0 Å². The number of hydrogen-bond acceptors (Lipinski definition) is 5. The van der Waals surface area contributed by atoms with Gasteiger partial charge in [-0.3, -0.25) is 0 Å². The van der Waals surface area contributed by atoms with Gasteiger partial charge in [-0.1, -0.05) is 36.4 Å². The van der Waals surface area contributed by atoms with Crippen LogP contribution in [0.1, 0.15) is 0 Å². The van der Waals surface area contributed by atoms with Gasteiger partial charge in [0.15, 0.2) is 18.5 Å². The normalized spacial score (nSPS) is 9.88. The van der Waals surface area contributed by atoms with E-state index in [0.717, 1.165) is 28.2 Å². The molecule has 0 aliphatic rings. The molecule has 0 spiro atoms. The summed E-state index contributed by atoms with van der Waals surface area (Å²) in [7, 11) is 1.67. The third-order valence-electron chi connectivity index (χ3n) is 3.37. The van der Waals surface area contributed by atoms with Crippen molar-refractivity contribution in [2.75, 3.05) is 7.11 Å². The molecule has 0 atom stereocenters. The SMILES string of the molecule is COc1ccc(-c2ccc(-c3cnco3)cc2)cc1.c1cocn1. The largest absolute Gasteiger partial charge is 0.497 e. The summed E-state index contributed by atoms with van der Waals surface area (Å²) in [5.74, 6) is 1.64. The highest BCUT2D eigenvalue weighted by molar-refractivity contribution is 5.68. The highest BCUT2D eigenvalue weighted by atomic mass is 16.5. The first-order valence-corrected chi connectivity index (χ1v) is 7.32. The van der Waals surface area contributed by atoms with Crippen molar-refractivity contribution < 1.29 is 13.6 Å². The first kappa shape index (κ1) is 15.6. The van der Waals surface area contributed by atoms with Crippen LogP contribution in [0.3, 0.4) is 0 Å². The molecule has 0 N–H and O–H groups in total. The Bertz CT molecular complexity index is 804.